The number of rotatable bonds is 6. The van der Waals surface area contributed by atoms with Crippen LogP contribution in [-0.2, 0) is 11.2 Å². The maximum Gasteiger partial charge on any atom is 0.220 e. The molecule has 1 amide bonds. The van der Waals surface area contributed by atoms with E-state index < -0.39 is 0 Å². The topological polar surface area (TPSA) is 49.3 Å². The fourth-order valence-electron chi connectivity index (χ4n) is 2.98. The van der Waals surface area contributed by atoms with Crippen LogP contribution in [0.15, 0.2) is 24.3 Å². The Balaban J connectivity index is 1.70. The van der Waals surface area contributed by atoms with E-state index in [1.165, 1.54) is 5.56 Å². The molecule has 0 bridgehead atoms. The molecule has 0 saturated heterocycles. The molecule has 3 nitrogen and oxygen atoms in total. The van der Waals surface area contributed by atoms with Crippen molar-refractivity contribution in [2.24, 2.45) is 11.8 Å². The van der Waals surface area contributed by atoms with Crippen molar-refractivity contribution in [3.8, 4) is 0 Å². The van der Waals surface area contributed by atoms with Crippen LogP contribution in [0.3, 0.4) is 0 Å². The molecule has 0 radical (unpaired) electrons. The molecule has 4 heteroatoms. The van der Waals surface area contributed by atoms with Crippen molar-refractivity contribution in [1.82, 2.24) is 5.32 Å². The van der Waals surface area contributed by atoms with Crippen LogP contribution < -0.4 is 5.32 Å². The summed E-state index contributed by atoms with van der Waals surface area (Å²) in [5.41, 5.74) is 1.20. The van der Waals surface area contributed by atoms with Crippen LogP contribution in [0.2, 0.25) is 5.02 Å². The molecule has 116 valence electrons. The molecule has 2 rings (SSSR count). The van der Waals surface area contributed by atoms with Gasteiger partial charge in [-0.2, -0.15) is 0 Å². The van der Waals surface area contributed by atoms with Crippen LogP contribution >= 0.6 is 11.6 Å². The van der Waals surface area contributed by atoms with E-state index in [0.29, 0.717) is 18.9 Å². The van der Waals surface area contributed by atoms with E-state index in [4.69, 9.17) is 11.6 Å². The molecule has 1 aliphatic rings. The predicted octanol–water partition coefficient (Wildman–Crippen LogP) is 3.19. The second-order valence-electron chi connectivity index (χ2n) is 6.20. The van der Waals surface area contributed by atoms with Crippen molar-refractivity contribution >= 4 is 17.5 Å². The van der Waals surface area contributed by atoms with E-state index in [0.717, 1.165) is 30.7 Å². The zero-order chi connectivity index (χ0) is 15.2. The van der Waals surface area contributed by atoms with Crippen LogP contribution in [0.5, 0.6) is 0 Å². The van der Waals surface area contributed by atoms with E-state index in [1.807, 2.05) is 24.3 Å². The lowest BCUT2D eigenvalue weighted by molar-refractivity contribution is -0.122. The van der Waals surface area contributed by atoms with Crippen molar-refractivity contribution in [3.63, 3.8) is 0 Å². The summed E-state index contributed by atoms with van der Waals surface area (Å²) >= 11 is 5.86. The number of nitrogens with one attached hydrogen (secondary N) is 1. The second-order valence-corrected chi connectivity index (χ2v) is 6.64. The maximum atomic E-state index is 11.9. The van der Waals surface area contributed by atoms with Gasteiger partial charge in [-0.1, -0.05) is 37.1 Å². The van der Waals surface area contributed by atoms with Crippen LogP contribution in [0, 0.1) is 11.8 Å². The zero-order valence-corrected chi connectivity index (χ0v) is 13.3. The molecule has 2 N–H and O–H groups in total. The van der Waals surface area contributed by atoms with Gasteiger partial charge >= 0.3 is 0 Å². The van der Waals surface area contributed by atoms with Crippen molar-refractivity contribution in [1.29, 1.82) is 0 Å². The SMILES string of the molecule is CC(CC(=O)NCC1CCCC1O)Cc1ccc(Cl)cc1. The summed E-state index contributed by atoms with van der Waals surface area (Å²) in [5, 5.41) is 13.4. The monoisotopic (exact) mass is 309 g/mol. The third-order valence-corrected chi connectivity index (χ3v) is 4.46. The molecule has 1 fully saturated rings. The summed E-state index contributed by atoms with van der Waals surface area (Å²) in [6, 6.07) is 7.77. The first kappa shape index (κ1) is 16.3. The van der Waals surface area contributed by atoms with Gasteiger partial charge in [-0.05, 0) is 42.9 Å². The first-order chi connectivity index (χ1) is 10.0. The minimum atomic E-state index is -0.239. The van der Waals surface area contributed by atoms with E-state index in [9.17, 15) is 9.90 Å². The van der Waals surface area contributed by atoms with Gasteiger partial charge in [0, 0.05) is 23.9 Å². The predicted molar refractivity (Wildman–Crippen MR) is 85.3 cm³/mol. The van der Waals surface area contributed by atoms with Gasteiger partial charge in [-0.15, -0.1) is 0 Å². The van der Waals surface area contributed by atoms with E-state index in [-0.39, 0.29) is 17.9 Å². The number of hydrogen-bond acceptors (Lipinski definition) is 2. The average molecular weight is 310 g/mol. The first-order valence-electron chi connectivity index (χ1n) is 7.74. The number of benzene rings is 1. The van der Waals surface area contributed by atoms with Crippen LogP contribution in [0.4, 0.5) is 0 Å². The minimum Gasteiger partial charge on any atom is -0.393 e. The van der Waals surface area contributed by atoms with Crippen LogP contribution in [0.1, 0.15) is 38.2 Å². The Morgan fingerprint density at radius 2 is 2.10 bits per heavy atom. The molecule has 0 aromatic heterocycles. The lowest BCUT2D eigenvalue weighted by Crippen LogP contribution is -2.33. The van der Waals surface area contributed by atoms with E-state index in [2.05, 4.69) is 12.2 Å². The molecule has 3 unspecified atom stereocenters. The van der Waals surface area contributed by atoms with Gasteiger partial charge < -0.3 is 10.4 Å². The smallest absolute Gasteiger partial charge is 0.220 e. The quantitative estimate of drug-likeness (QED) is 0.848. The molecule has 0 aliphatic heterocycles. The minimum absolute atomic E-state index is 0.0792. The number of carbonyl (C=O) groups is 1. The number of carbonyl (C=O) groups excluding carboxylic acids is 1. The highest BCUT2D eigenvalue weighted by molar-refractivity contribution is 6.30. The Kier molecular flexibility index (Phi) is 6.07. The number of aliphatic hydroxyl groups is 1. The normalized spacial score (nSPS) is 23.0. The van der Waals surface area contributed by atoms with Gasteiger partial charge in [0.25, 0.3) is 0 Å². The zero-order valence-electron chi connectivity index (χ0n) is 12.5. The lowest BCUT2D eigenvalue weighted by atomic mass is 9.97. The van der Waals surface area contributed by atoms with Gasteiger partial charge in [0.1, 0.15) is 0 Å². The van der Waals surface area contributed by atoms with Gasteiger partial charge in [0.05, 0.1) is 6.10 Å². The van der Waals surface area contributed by atoms with Crippen molar-refractivity contribution in [2.45, 2.75) is 45.1 Å². The largest absolute Gasteiger partial charge is 0.393 e. The van der Waals surface area contributed by atoms with Crippen LogP contribution in [0.25, 0.3) is 0 Å². The van der Waals surface area contributed by atoms with E-state index >= 15 is 0 Å². The Bertz CT molecular complexity index is 460. The molecular formula is C17H24ClNO2. The molecule has 21 heavy (non-hydrogen) atoms. The fourth-order valence-corrected chi connectivity index (χ4v) is 3.11. The third-order valence-electron chi connectivity index (χ3n) is 4.21. The molecule has 3 atom stereocenters. The van der Waals surface area contributed by atoms with Crippen molar-refractivity contribution < 1.29 is 9.90 Å². The van der Waals surface area contributed by atoms with Crippen molar-refractivity contribution in [2.75, 3.05) is 6.54 Å². The van der Waals surface area contributed by atoms with Gasteiger partial charge in [-0.3, -0.25) is 4.79 Å². The molecule has 0 heterocycles. The van der Waals surface area contributed by atoms with Gasteiger partial charge in [-0.25, -0.2) is 0 Å². The van der Waals surface area contributed by atoms with Gasteiger partial charge in [0.2, 0.25) is 5.91 Å². The summed E-state index contributed by atoms with van der Waals surface area (Å²) in [7, 11) is 0. The molecule has 1 aromatic carbocycles. The Labute approximate surface area is 131 Å². The van der Waals surface area contributed by atoms with Crippen LogP contribution in [-0.4, -0.2) is 23.7 Å². The first-order valence-corrected chi connectivity index (χ1v) is 8.11. The Hall–Kier alpha value is -1.06. The standard InChI is InChI=1S/C17H24ClNO2/c1-12(9-13-5-7-15(18)8-6-13)10-17(21)19-11-14-3-2-4-16(14)20/h5-8,12,14,16,20H,2-4,9-11H2,1H3,(H,19,21). The molecule has 1 saturated carbocycles. The fraction of sp³-hybridized carbons (Fsp3) is 0.588. The third kappa shape index (κ3) is 5.33. The Morgan fingerprint density at radius 3 is 2.71 bits per heavy atom. The molecule has 1 aliphatic carbocycles. The summed E-state index contributed by atoms with van der Waals surface area (Å²) in [6.45, 7) is 2.69. The average Bonchev–Trinajstić information content (AvgIpc) is 2.84. The highest BCUT2D eigenvalue weighted by Crippen LogP contribution is 2.24. The number of amides is 1. The summed E-state index contributed by atoms with van der Waals surface area (Å²) in [6.07, 6.45) is 4.10. The second kappa shape index (κ2) is 7.81. The summed E-state index contributed by atoms with van der Waals surface area (Å²) in [4.78, 5) is 11.9. The van der Waals surface area contributed by atoms with E-state index in [1.54, 1.807) is 0 Å². The summed E-state index contributed by atoms with van der Waals surface area (Å²) in [5.74, 6) is 0.607. The van der Waals surface area contributed by atoms with Crippen molar-refractivity contribution in [3.05, 3.63) is 34.9 Å². The highest BCUT2D eigenvalue weighted by atomic mass is 35.5. The Morgan fingerprint density at radius 1 is 1.38 bits per heavy atom. The van der Waals surface area contributed by atoms with Gasteiger partial charge in [0.15, 0.2) is 0 Å². The molecule has 1 aromatic rings. The molecule has 0 spiro atoms. The lowest BCUT2D eigenvalue weighted by Gasteiger charge is -2.16. The number of hydrogen-bond donors (Lipinski definition) is 2. The number of halogens is 1. The number of aliphatic hydroxyl groups excluding tert-OH is 1. The summed E-state index contributed by atoms with van der Waals surface area (Å²) < 4.78 is 0. The molecular weight excluding hydrogens is 286 g/mol. The maximum absolute atomic E-state index is 11.9. The highest BCUT2D eigenvalue weighted by Gasteiger charge is 2.25.